The Morgan fingerprint density at radius 1 is 1.47 bits per heavy atom. The lowest BCUT2D eigenvalue weighted by atomic mass is 10.1. The van der Waals surface area contributed by atoms with Crippen LogP contribution in [0.3, 0.4) is 0 Å². The van der Waals surface area contributed by atoms with Crippen LogP contribution < -0.4 is 10.6 Å². The number of carbonyl (C=O) groups is 1. The van der Waals surface area contributed by atoms with Crippen molar-refractivity contribution in [3.63, 3.8) is 0 Å². The van der Waals surface area contributed by atoms with Gasteiger partial charge in [0.15, 0.2) is 0 Å². The average molecular weight is 214 g/mol. The lowest BCUT2D eigenvalue weighted by Crippen LogP contribution is -2.45. The molecule has 0 aliphatic carbocycles. The van der Waals surface area contributed by atoms with Gasteiger partial charge in [0.25, 0.3) is 0 Å². The lowest BCUT2D eigenvalue weighted by Gasteiger charge is -2.27. The van der Waals surface area contributed by atoms with Crippen LogP contribution in [0.15, 0.2) is 0 Å². The van der Waals surface area contributed by atoms with Gasteiger partial charge in [-0.25, -0.2) is 4.79 Å². The van der Waals surface area contributed by atoms with Gasteiger partial charge in [-0.05, 0) is 46.2 Å². The molecule has 4 heteroatoms. The molecule has 0 aromatic heterocycles. The normalized spacial score (nSPS) is 18.6. The van der Waals surface area contributed by atoms with Crippen molar-refractivity contribution in [3.8, 4) is 0 Å². The van der Waals surface area contributed by atoms with E-state index in [0.717, 1.165) is 32.4 Å². The SMILES string of the molecule is CCC(C)(C)OC(=O)NC1CCNCC1. The third-order valence-corrected chi connectivity index (χ3v) is 2.88. The Labute approximate surface area is 91.8 Å². The van der Waals surface area contributed by atoms with E-state index in [-0.39, 0.29) is 17.7 Å². The number of piperidine rings is 1. The first-order valence-corrected chi connectivity index (χ1v) is 5.74. The van der Waals surface area contributed by atoms with Crippen molar-refractivity contribution in [3.05, 3.63) is 0 Å². The van der Waals surface area contributed by atoms with E-state index in [1.54, 1.807) is 0 Å². The molecule has 0 spiro atoms. The van der Waals surface area contributed by atoms with Crippen LogP contribution in [0, 0.1) is 0 Å². The van der Waals surface area contributed by atoms with Crippen LogP contribution in [0.5, 0.6) is 0 Å². The molecule has 0 aromatic rings. The van der Waals surface area contributed by atoms with Gasteiger partial charge in [-0.3, -0.25) is 0 Å². The van der Waals surface area contributed by atoms with Gasteiger partial charge < -0.3 is 15.4 Å². The van der Waals surface area contributed by atoms with E-state index in [2.05, 4.69) is 10.6 Å². The molecule has 2 N–H and O–H groups in total. The second kappa shape index (κ2) is 5.35. The fraction of sp³-hybridized carbons (Fsp3) is 0.909. The van der Waals surface area contributed by atoms with E-state index < -0.39 is 0 Å². The molecule has 15 heavy (non-hydrogen) atoms. The quantitative estimate of drug-likeness (QED) is 0.751. The topological polar surface area (TPSA) is 50.4 Å². The molecule has 1 aliphatic rings. The predicted molar refractivity (Wildman–Crippen MR) is 59.9 cm³/mol. The van der Waals surface area contributed by atoms with Crippen molar-refractivity contribution >= 4 is 6.09 Å². The molecule has 1 fully saturated rings. The van der Waals surface area contributed by atoms with Gasteiger partial charge in [-0.1, -0.05) is 6.92 Å². The highest BCUT2D eigenvalue weighted by Crippen LogP contribution is 2.14. The van der Waals surface area contributed by atoms with E-state index in [1.165, 1.54) is 0 Å². The minimum Gasteiger partial charge on any atom is -0.444 e. The Morgan fingerprint density at radius 3 is 2.60 bits per heavy atom. The van der Waals surface area contributed by atoms with E-state index in [4.69, 9.17) is 4.74 Å². The number of nitrogens with one attached hydrogen (secondary N) is 2. The molecule has 0 bridgehead atoms. The molecule has 1 saturated heterocycles. The molecule has 0 saturated carbocycles. The maximum absolute atomic E-state index is 11.5. The zero-order valence-electron chi connectivity index (χ0n) is 9.93. The Balaban J connectivity index is 2.28. The van der Waals surface area contributed by atoms with Gasteiger partial charge in [0.2, 0.25) is 0 Å². The fourth-order valence-corrected chi connectivity index (χ4v) is 1.49. The van der Waals surface area contributed by atoms with Crippen molar-refractivity contribution in [1.29, 1.82) is 0 Å². The number of hydrogen-bond acceptors (Lipinski definition) is 3. The van der Waals surface area contributed by atoms with E-state index in [1.807, 2.05) is 20.8 Å². The standard InChI is InChI=1S/C11H22N2O2/c1-4-11(2,3)15-10(14)13-9-5-7-12-8-6-9/h9,12H,4-8H2,1-3H3,(H,13,14). The average Bonchev–Trinajstić information content (AvgIpc) is 2.18. The highest BCUT2D eigenvalue weighted by molar-refractivity contribution is 5.68. The zero-order chi connectivity index (χ0) is 11.3. The number of amides is 1. The zero-order valence-corrected chi connectivity index (χ0v) is 9.93. The summed E-state index contributed by atoms with van der Waals surface area (Å²) in [7, 11) is 0. The minimum absolute atomic E-state index is 0.270. The molecular weight excluding hydrogens is 192 g/mol. The van der Waals surface area contributed by atoms with Gasteiger partial charge in [0, 0.05) is 6.04 Å². The van der Waals surface area contributed by atoms with Crippen LogP contribution in [0.1, 0.15) is 40.0 Å². The molecular formula is C11H22N2O2. The van der Waals surface area contributed by atoms with Crippen LogP contribution in [-0.2, 0) is 4.74 Å². The largest absolute Gasteiger partial charge is 0.444 e. The summed E-state index contributed by atoms with van der Waals surface area (Å²) in [6.07, 6.45) is 2.52. The van der Waals surface area contributed by atoms with Crippen molar-refractivity contribution < 1.29 is 9.53 Å². The first-order chi connectivity index (χ1) is 7.03. The first-order valence-electron chi connectivity index (χ1n) is 5.74. The summed E-state index contributed by atoms with van der Waals surface area (Å²) in [4.78, 5) is 11.5. The first kappa shape index (κ1) is 12.3. The summed E-state index contributed by atoms with van der Waals surface area (Å²) in [5.41, 5.74) is -0.364. The second-order valence-corrected chi connectivity index (χ2v) is 4.67. The van der Waals surface area contributed by atoms with Crippen molar-refractivity contribution in [2.24, 2.45) is 0 Å². The smallest absolute Gasteiger partial charge is 0.407 e. The van der Waals surface area contributed by atoms with Gasteiger partial charge in [-0.2, -0.15) is 0 Å². The summed E-state index contributed by atoms with van der Waals surface area (Å²) in [6.45, 7) is 7.81. The van der Waals surface area contributed by atoms with Crippen LogP contribution in [-0.4, -0.2) is 30.8 Å². The van der Waals surface area contributed by atoms with Crippen LogP contribution >= 0.6 is 0 Å². The Bertz CT molecular complexity index is 211. The van der Waals surface area contributed by atoms with Gasteiger partial charge in [-0.15, -0.1) is 0 Å². The molecule has 1 heterocycles. The molecule has 1 amide bonds. The summed E-state index contributed by atoms with van der Waals surface area (Å²) in [5, 5.41) is 6.16. The molecule has 4 nitrogen and oxygen atoms in total. The number of hydrogen-bond donors (Lipinski definition) is 2. The third-order valence-electron chi connectivity index (χ3n) is 2.88. The summed E-state index contributed by atoms with van der Waals surface area (Å²) >= 11 is 0. The maximum atomic E-state index is 11.5. The maximum Gasteiger partial charge on any atom is 0.407 e. The highest BCUT2D eigenvalue weighted by Gasteiger charge is 2.22. The summed E-state index contributed by atoms with van der Waals surface area (Å²) < 4.78 is 5.32. The molecule has 0 unspecified atom stereocenters. The lowest BCUT2D eigenvalue weighted by molar-refractivity contribution is 0.0335. The molecule has 88 valence electrons. The van der Waals surface area contributed by atoms with Crippen molar-refractivity contribution in [1.82, 2.24) is 10.6 Å². The number of carbonyl (C=O) groups excluding carboxylic acids is 1. The third kappa shape index (κ3) is 4.51. The molecule has 0 aromatic carbocycles. The van der Waals surface area contributed by atoms with Crippen LogP contribution in [0.4, 0.5) is 4.79 Å². The fourth-order valence-electron chi connectivity index (χ4n) is 1.49. The Hall–Kier alpha value is -0.770. The summed E-state index contributed by atoms with van der Waals surface area (Å²) in [5.74, 6) is 0. The summed E-state index contributed by atoms with van der Waals surface area (Å²) in [6, 6.07) is 0.270. The Kier molecular flexibility index (Phi) is 4.39. The highest BCUT2D eigenvalue weighted by atomic mass is 16.6. The van der Waals surface area contributed by atoms with Gasteiger partial charge in [0.05, 0.1) is 0 Å². The molecule has 1 rings (SSSR count). The monoisotopic (exact) mass is 214 g/mol. The minimum atomic E-state index is -0.364. The molecule has 0 radical (unpaired) electrons. The van der Waals surface area contributed by atoms with Gasteiger partial charge in [0.1, 0.15) is 5.60 Å². The number of alkyl carbamates (subject to hydrolysis) is 1. The Morgan fingerprint density at radius 2 is 2.07 bits per heavy atom. The van der Waals surface area contributed by atoms with E-state index in [0.29, 0.717) is 0 Å². The van der Waals surface area contributed by atoms with Crippen molar-refractivity contribution in [2.45, 2.75) is 51.7 Å². The molecule has 0 atom stereocenters. The molecule has 1 aliphatic heterocycles. The number of rotatable bonds is 3. The predicted octanol–water partition coefficient (Wildman–Crippen LogP) is 1.65. The van der Waals surface area contributed by atoms with Crippen LogP contribution in [0.2, 0.25) is 0 Å². The second-order valence-electron chi connectivity index (χ2n) is 4.67. The van der Waals surface area contributed by atoms with Crippen LogP contribution in [0.25, 0.3) is 0 Å². The number of ether oxygens (including phenoxy) is 1. The van der Waals surface area contributed by atoms with E-state index in [9.17, 15) is 4.79 Å². The van der Waals surface area contributed by atoms with E-state index >= 15 is 0 Å². The van der Waals surface area contributed by atoms with Gasteiger partial charge >= 0.3 is 6.09 Å². The van der Waals surface area contributed by atoms with Crippen molar-refractivity contribution in [2.75, 3.05) is 13.1 Å².